The molecule has 0 spiro atoms. The topological polar surface area (TPSA) is 51.0 Å². The summed E-state index contributed by atoms with van der Waals surface area (Å²) in [6.07, 6.45) is 5.54. The minimum atomic E-state index is 0.285. The number of hydrogen-bond acceptors (Lipinski definition) is 5. The molecule has 2 rings (SSSR count). The maximum atomic E-state index is 5.11. The van der Waals surface area contributed by atoms with Crippen LogP contribution in [0.15, 0.2) is 23.0 Å². The average molecular weight is 251 g/mol. The molecular weight excluding hydrogens is 234 g/mol. The van der Waals surface area contributed by atoms with E-state index < -0.39 is 0 Å². The van der Waals surface area contributed by atoms with Crippen molar-refractivity contribution >= 4 is 11.5 Å². The Morgan fingerprint density at radius 1 is 1.53 bits per heavy atom. The number of aromatic nitrogens is 2. The second-order valence-corrected chi connectivity index (χ2v) is 4.85. The summed E-state index contributed by atoms with van der Waals surface area (Å²) in [5, 5.41) is 7.62. The highest BCUT2D eigenvalue weighted by atomic mass is 32.1. The number of rotatable bonds is 6. The number of nitrogens with zero attached hydrogens (tertiary/aromatic N) is 2. The Balaban J connectivity index is 2.11. The third-order valence-corrected chi connectivity index (χ3v) is 3.60. The summed E-state index contributed by atoms with van der Waals surface area (Å²) in [6, 6.07) is 2.29. The van der Waals surface area contributed by atoms with Gasteiger partial charge in [-0.1, -0.05) is 11.4 Å². The Hall–Kier alpha value is -1.20. The van der Waals surface area contributed by atoms with E-state index in [1.807, 2.05) is 13.0 Å². The minimum Gasteiger partial charge on any atom is -0.472 e. The first-order valence-corrected chi connectivity index (χ1v) is 6.62. The molecule has 1 unspecified atom stereocenters. The fraction of sp³-hybridized carbons (Fsp3) is 0.500. The van der Waals surface area contributed by atoms with Crippen LogP contribution >= 0.6 is 11.5 Å². The molecule has 0 amide bonds. The molecule has 0 aliphatic carbocycles. The maximum Gasteiger partial charge on any atom is 0.0935 e. The highest BCUT2D eigenvalue weighted by Gasteiger charge is 2.17. The molecule has 0 aromatic carbocycles. The van der Waals surface area contributed by atoms with Gasteiger partial charge in [-0.05, 0) is 49.5 Å². The summed E-state index contributed by atoms with van der Waals surface area (Å²) in [5.74, 6) is 0. The van der Waals surface area contributed by atoms with Crippen molar-refractivity contribution in [3.63, 3.8) is 0 Å². The molecular formula is C12H17N3OS. The van der Waals surface area contributed by atoms with E-state index in [1.165, 1.54) is 22.0 Å². The number of aryl methyl sites for hydroxylation is 1. The smallest absolute Gasteiger partial charge is 0.0935 e. The van der Waals surface area contributed by atoms with E-state index in [1.54, 1.807) is 12.5 Å². The molecule has 1 atom stereocenters. The third kappa shape index (κ3) is 3.14. The third-order valence-electron chi connectivity index (χ3n) is 2.66. The van der Waals surface area contributed by atoms with Crippen LogP contribution in [0.2, 0.25) is 0 Å². The number of nitrogens with one attached hydrogen (secondary N) is 1. The lowest BCUT2D eigenvalue weighted by molar-refractivity contribution is 0.524. The Morgan fingerprint density at radius 3 is 3.00 bits per heavy atom. The quantitative estimate of drug-likeness (QED) is 0.857. The molecule has 2 heterocycles. The Kier molecular flexibility index (Phi) is 4.28. The second kappa shape index (κ2) is 5.93. The van der Waals surface area contributed by atoms with E-state index in [2.05, 4.69) is 21.8 Å². The predicted octanol–water partition coefficient (Wildman–Crippen LogP) is 2.72. The van der Waals surface area contributed by atoms with Crippen molar-refractivity contribution in [1.82, 2.24) is 14.9 Å². The van der Waals surface area contributed by atoms with Gasteiger partial charge in [-0.25, -0.2) is 0 Å². The first kappa shape index (κ1) is 12.3. The lowest BCUT2D eigenvalue weighted by Gasteiger charge is -2.16. The molecule has 0 radical (unpaired) electrons. The van der Waals surface area contributed by atoms with Crippen molar-refractivity contribution in [2.45, 2.75) is 32.7 Å². The summed E-state index contributed by atoms with van der Waals surface area (Å²) in [6.45, 7) is 5.17. The number of furan rings is 1. The van der Waals surface area contributed by atoms with Crippen molar-refractivity contribution < 1.29 is 4.42 Å². The lowest BCUT2D eigenvalue weighted by Crippen LogP contribution is -2.23. The van der Waals surface area contributed by atoms with E-state index in [0.717, 1.165) is 25.1 Å². The van der Waals surface area contributed by atoms with Crippen molar-refractivity contribution in [1.29, 1.82) is 0 Å². The molecule has 0 bridgehead atoms. The van der Waals surface area contributed by atoms with Gasteiger partial charge >= 0.3 is 0 Å². The van der Waals surface area contributed by atoms with Crippen LogP contribution in [-0.2, 0) is 6.42 Å². The molecule has 0 saturated carbocycles. The first-order chi connectivity index (χ1) is 8.31. The molecule has 0 saturated heterocycles. The highest BCUT2D eigenvalue weighted by Crippen LogP contribution is 2.23. The number of hydrogen-bond donors (Lipinski definition) is 1. The predicted molar refractivity (Wildman–Crippen MR) is 68.1 cm³/mol. The molecule has 4 nitrogen and oxygen atoms in total. The summed E-state index contributed by atoms with van der Waals surface area (Å²) in [4.78, 5) is 1.22. The summed E-state index contributed by atoms with van der Waals surface area (Å²) in [7, 11) is 0. The van der Waals surface area contributed by atoms with Gasteiger partial charge in [-0.3, -0.25) is 0 Å². The van der Waals surface area contributed by atoms with Crippen molar-refractivity contribution in [2.24, 2.45) is 0 Å². The Morgan fingerprint density at radius 2 is 2.41 bits per heavy atom. The van der Waals surface area contributed by atoms with Crippen LogP contribution in [0.4, 0.5) is 0 Å². The SMILES string of the molecule is CCCNC(Cc1ccoc1)c1snnc1C. The molecule has 0 aliphatic heterocycles. The van der Waals surface area contributed by atoms with Crippen molar-refractivity contribution in [3.8, 4) is 0 Å². The molecule has 1 N–H and O–H groups in total. The normalized spacial score (nSPS) is 12.8. The molecule has 92 valence electrons. The van der Waals surface area contributed by atoms with Crippen molar-refractivity contribution in [2.75, 3.05) is 6.54 Å². The van der Waals surface area contributed by atoms with Crippen LogP contribution in [0, 0.1) is 6.92 Å². The van der Waals surface area contributed by atoms with Gasteiger partial charge in [0.1, 0.15) is 0 Å². The van der Waals surface area contributed by atoms with Gasteiger partial charge in [0.05, 0.1) is 23.1 Å². The van der Waals surface area contributed by atoms with Crippen LogP contribution in [0.3, 0.4) is 0 Å². The molecule has 17 heavy (non-hydrogen) atoms. The van der Waals surface area contributed by atoms with Gasteiger partial charge < -0.3 is 9.73 Å². The van der Waals surface area contributed by atoms with Gasteiger partial charge in [-0.15, -0.1) is 5.10 Å². The van der Waals surface area contributed by atoms with Gasteiger partial charge in [0.2, 0.25) is 0 Å². The largest absolute Gasteiger partial charge is 0.472 e. The van der Waals surface area contributed by atoms with Crippen LogP contribution < -0.4 is 5.32 Å². The molecule has 2 aromatic heterocycles. The Labute approximate surface area is 105 Å². The Bertz CT molecular complexity index is 438. The van der Waals surface area contributed by atoms with E-state index in [4.69, 9.17) is 4.42 Å². The van der Waals surface area contributed by atoms with Gasteiger partial charge in [0.15, 0.2) is 0 Å². The van der Waals surface area contributed by atoms with Crippen molar-refractivity contribution in [3.05, 3.63) is 34.7 Å². The minimum absolute atomic E-state index is 0.285. The fourth-order valence-corrected chi connectivity index (χ4v) is 2.50. The summed E-state index contributed by atoms with van der Waals surface area (Å²) in [5.41, 5.74) is 2.22. The fourth-order valence-electron chi connectivity index (χ4n) is 1.78. The van der Waals surface area contributed by atoms with Gasteiger partial charge in [0.25, 0.3) is 0 Å². The van der Waals surface area contributed by atoms with Gasteiger partial charge in [-0.2, -0.15) is 0 Å². The van der Waals surface area contributed by atoms with E-state index >= 15 is 0 Å². The second-order valence-electron chi connectivity index (χ2n) is 4.07. The first-order valence-electron chi connectivity index (χ1n) is 5.84. The van der Waals surface area contributed by atoms with Gasteiger partial charge in [0, 0.05) is 6.04 Å². The molecule has 0 fully saturated rings. The van der Waals surface area contributed by atoms with E-state index in [0.29, 0.717) is 0 Å². The van der Waals surface area contributed by atoms with Crippen LogP contribution in [0.5, 0.6) is 0 Å². The monoisotopic (exact) mass is 251 g/mol. The molecule has 2 aromatic rings. The maximum absolute atomic E-state index is 5.11. The summed E-state index contributed by atoms with van der Waals surface area (Å²) < 4.78 is 9.12. The molecule has 0 aliphatic rings. The van der Waals surface area contributed by atoms with E-state index in [-0.39, 0.29) is 6.04 Å². The molecule has 5 heteroatoms. The van der Waals surface area contributed by atoms with E-state index in [9.17, 15) is 0 Å². The lowest BCUT2D eigenvalue weighted by atomic mass is 10.1. The average Bonchev–Trinajstić information content (AvgIpc) is 2.95. The standard InChI is InChI=1S/C12H17N3OS/c1-3-5-13-11(7-10-4-6-16-8-10)12-9(2)14-15-17-12/h4,6,8,11,13H,3,5,7H2,1-2H3. The zero-order valence-corrected chi connectivity index (χ0v) is 11.0. The zero-order chi connectivity index (χ0) is 12.1. The van der Waals surface area contributed by atoms with Crippen LogP contribution in [0.25, 0.3) is 0 Å². The van der Waals surface area contributed by atoms with Crippen LogP contribution in [0.1, 0.15) is 35.5 Å². The summed E-state index contributed by atoms with van der Waals surface area (Å²) >= 11 is 1.48. The highest BCUT2D eigenvalue weighted by molar-refractivity contribution is 7.05. The zero-order valence-electron chi connectivity index (χ0n) is 10.1. The van der Waals surface area contributed by atoms with Crippen LogP contribution in [-0.4, -0.2) is 16.1 Å².